The van der Waals surface area contributed by atoms with E-state index in [1.807, 2.05) is 13.0 Å². The molecule has 0 unspecified atom stereocenters. The maximum Gasteiger partial charge on any atom is 0.336 e. The molecule has 0 radical (unpaired) electrons. The molecule has 0 saturated heterocycles. The number of hydrogen-bond donors (Lipinski definition) is 1. The second kappa shape index (κ2) is 4.98. The Hall–Kier alpha value is -2.75. The van der Waals surface area contributed by atoms with Gasteiger partial charge in [0.25, 0.3) is 0 Å². The predicted octanol–water partition coefficient (Wildman–Crippen LogP) is 4.05. The molecule has 0 aliphatic carbocycles. The minimum atomic E-state index is -1.02. The zero-order valence-corrected chi connectivity index (χ0v) is 11.3. The molecule has 104 valence electrons. The number of aromatic carboxylic acids is 1. The SMILES string of the molecule is Cc1cccc2c(C(=O)O)cc(-c3cccc(F)c3)nc12. The number of pyridine rings is 1. The molecule has 0 amide bonds. The number of fused-ring (bicyclic) bond motifs is 1. The number of halogens is 1. The van der Waals surface area contributed by atoms with Gasteiger partial charge in [-0.3, -0.25) is 0 Å². The van der Waals surface area contributed by atoms with Crippen LogP contribution in [0.25, 0.3) is 22.2 Å². The summed E-state index contributed by atoms with van der Waals surface area (Å²) < 4.78 is 13.4. The smallest absolute Gasteiger partial charge is 0.336 e. The van der Waals surface area contributed by atoms with Gasteiger partial charge in [-0.25, -0.2) is 14.2 Å². The van der Waals surface area contributed by atoms with E-state index >= 15 is 0 Å². The summed E-state index contributed by atoms with van der Waals surface area (Å²) in [4.78, 5) is 16.0. The average molecular weight is 281 g/mol. The molecule has 3 aromatic rings. The number of carbonyl (C=O) groups is 1. The molecule has 0 aliphatic heterocycles. The lowest BCUT2D eigenvalue weighted by Crippen LogP contribution is -2.01. The van der Waals surface area contributed by atoms with Crippen LogP contribution in [-0.2, 0) is 0 Å². The van der Waals surface area contributed by atoms with Crippen LogP contribution in [0.15, 0.2) is 48.5 Å². The molecule has 3 nitrogen and oxygen atoms in total. The zero-order valence-electron chi connectivity index (χ0n) is 11.3. The minimum Gasteiger partial charge on any atom is -0.478 e. The van der Waals surface area contributed by atoms with Crippen LogP contribution in [0.1, 0.15) is 15.9 Å². The quantitative estimate of drug-likeness (QED) is 0.771. The molecule has 0 aliphatic rings. The summed E-state index contributed by atoms with van der Waals surface area (Å²) >= 11 is 0. The summed E-state index contributed by atoms with van der Waals surface area (Å²) in [5.41, 5.74) is 2.68. The molecule has 1 heterocycles. The zero-order chi connectivity index (χ0) is 15.0. The maximum atomic E-state index is 13.4. The second-order valence-corrected chi connectivity index (χ2v) is 4.84. The molecule has 0 bridgehead atoms. The van der Waals surface area contributed by atoms with Crippen molar-refractivity contribution in [3.63, 3.8) is 0 Å². The van der Waals surface area contributed by atoms with Gasteiger partial charge in [0.2, 0.25) is 0 Å². The van der Waals surface area contributed by atoms with Crippen LogP contribution in [0.2, 0.25) is 0 Å². The van der Waals surface area contributed by atoms with Crippen molar-refractivity contribution >= 4 is 16.9 Å². The molecule has 2 aromatic carbocycles. The molecule has 0 spiro atoms. The molecule has 4 heteroatoms. The van der Waals surface area contributed by atoms with Gasteiger partial charge in [-0.15, -0.1) is 0 Å². The van der Waals surface area contributed by atoms with Crippen molar-refractivity contribution in [1.82, 2.24) is 4.98 Å². The summed E-state index contributed by atoms with van der Waals surface area (Å²) in [5.74, 6) is -1.40. The number of nitrogens with zero attached hydrogens (tertiary/aromatic N) is 1. The summed E-state index contributed by atoms with van der Waals surface area (Å²) in [6, 6.07) is 12.9. The maximum absolute atomic E-state index is 13.4. The van der Waals surface area contributed by atoms with Crippen LogP contribution in [-0.4, -0.2) is 16.1 Å². The van der Waals surface area contributed by atoms with Gasteiger partial charge >= 0.3 is 5.97 Å². The van der Waals surface area contributed by atoms with E-state index in [9.17, 15) is 14.3 Å². The predicted molar refractivity (Wildman–Crippen MR) is 78.8 cm³/mol. The van der Waals surface area contributed by atoms with E-state index in [4.69, 9.17) is 0 Å². The standard InChI is InChI=1S/C17H12FNO2/c1-10-4-2-7-13-14(17(20)21)9-15(19-16(10)13)11-5-3-6-12(18)8-11/h2-9H,1H3,(H,20,21). The Kier molecular flexibility index (Phi) is 3.14. The Bertz CT molecular complexity index is 859. The Morgan fingerprint density at radius 3 is 2.62 bits per heavy atom. The fourth-order valence-corrected chi connectivity index (χ4v) is 2.36. The number of benzene rings is 2. The second-order valence-electron chi connectivity index (χ2n) is 4.84. The number of carboxylic acids is 1. The van der Waals surface area contributed by atoms with Crippen LogP contribution < -0.4 is 0 Å². The molecule has 1 aromatic heterocycles. The van der Waals surface area contributed by atoms with Crippen molar-refractivity contribution in [2.24, 2.45) is 0 Å². The fourth-order valence-electron chi connectivity index (χ4n) is 2.36. The summed E-state index contributed by atoms with van der Waals surface area (Å²) in [6.45, 7) is 1.87. The summed E-state index contributed by atoms with van der Waals surface area (Å²) in [6.07, 6.45) is 0. The van der Waals surface area contributed by atoms with Crippen LogP contribution in [0.3, 0.4) is 0 Å². The van der Waals surface area contributed by atoms with Crippen molar-refractivity contribution in [1.29, 1.82) is 0 Å². The van der Waals surface area contributed by atoms with Crippen molar-refractivity contribution < 1.29 is 14.3 Å². The van der Waals surface area contributed by atoms with Gasteiger partial charge in [0.15, 0.2) is 0 Å². The minimum absolute atomic E-state index is 0.169. The highest BCUT2D eigenvalue weighted by atomic mass is 19.1. The Balaban J connectivity index is 2.35. The largest absolute Gasteiger partial charge is 0.478 e. The molecule has 0 atom stereocenters. The highest BCUT2D eigenvalue weighted by Gasteiger charge is 2.14. The summed E-state index contributed by atoms with van der Waals surface area (Å²) in [5, 5.41) is 9.98. The number of carboxylic acid groups (broad SMARTS) is 1. The molecular formula is C17H12FNO2. The number of hydrogen-bond acceptors (Lipinski definition) is 2. The van der Waals surface area contributed by atoms with Crippen LogP contribution in [0.4, 0.5) is 4.39 Å². The lowest BCUT2D eigenvalue weighted by Gasteiger charge is -2.09. The van der Waals surface area contributed by atoms with E-state index in [1.54, 1.807) is 24.3 Å². The van der Waals surface area contributed by atoms with Crippen LogP contribution in [0, 0.1) is 12.7 Å². The topological polar surface area (TPSA) is 50.2 Å². The van der Waals surface area contributed by atoms with E-state index in [-0.39, 0.29) is 11.4 Å². The monoisotopic (exact) mass is 281 g/mol. The number of aromatic nitrogens is 1. The van der Waals surface area contributed by atoms with Gasteiger partial charge in [-0.2, -0.15) is 0 Å². The van der Waals surface area contributed by atoms with Gasteiger partial charge in [0, 0.05) is 10.9 Å². The number of rotatable bonds is 2. The first-order valence-electron chi connectivity index (χ1n) is 6.46. The Labute approximate surface area is 120 Å². The van der Waals surface area contributed by atoms with Crippen LogP contribution >= 0.6 is 0 Å². The van der Waals surface area contributed by atoms with E-state index in [2.05, 4.69) is 4.98 Å². The van der Waals surface area contributed by atoms with Gasteiger partial charge in [-0.1, -0.05) is 30.3 Å². The lowest BCUT2D eigenvalue weighted by atomic mass is 10.0. The lowest BCUT2D eigenvalue weighted by molar-refractivity contribution is 0.0699. The van der Waals surface area contributed by atoms with Gasteiger partial charge in [-0.05, 0) is 30.7 Å². The number of aryl methyl sites for hydroxylation is 1. The summed E-state index contributed by atoms with van der Waals surface area (Å²) in [7, 11) is 0. The number of para-hydroxylation sites is 1. The Morgan fingerprint density at radius 1 is 1.14 bits per heavy atom. The Morgan fingerprint density at radius 2 is 1.90 bits per heavy atom. The van der Waals surface area contributed by atoms with Crippen molar-refractivity contribution in [3.8, 4) is 11.3 Å². The van der Waals surface area contributed by atoms with Gasteiger partial charge in [0.1, 0.15) is 5.82 Å². The van der Waals surface area contributed by atoms with Gasteiger partial charge in [0.05, 0.1) is 16.8 Å². The molecule has 1 N–H and O–H groups in total. The third kappa shape index (κ3) is 2.36. The molecule has 0 saturated carbocycles. The average Bonchev–Trinajstić information content (AvgIpc) is 2.46. The fraction of sp³-hybridized carbons (Fsp3) is 0.0588. The highest BCUT2D eigenvalue weighted by Crippen LogP contribution is 2.27. The third-order valence-electron chi connectivity index (χ3n) is 3.39. The first-order valence-corrected chi connectivity index (χ1v) is 6.46. The van der Waals surface area contributed by atoms with E-state index in [1.165, 1.54) is 18.2 Å². The normalized spacial score (nSPS) is 10.8. The van der Waals surface area contributed by atoms with E-state index in [0.29, 0.717) is 22.2 Å². The molecule has 0 fully saturated rings. The molecule has 3 rings (SSSR count). The van der Waals surface area contributed by atoms with E-state index < -0.39 is 5.97 Å². The van der Waals surface area contributed by atoms with Gasteiger partial charge < -0.3 is 5.11 Å². The molecular weight excluding hydrogens is 269 g/mol. The first-order chi connectivity index (χ1) is 10.1. The highest BCUT2D eigenvalue weighted by molar-refractivity contribution is 6.04. The van der Waals surface area contributed by atoms with Crippen molar-refractivity contribution in [3.05, 3.63) is 65.5 Å². The third-order valence-corrected chi connectivity index (χ3v) is 3.39. The van der Waals surface area contributed by atoms with Crippen molar-refractivity contribution in [2.45, 2.75) is 6.92 Å². The van der Waals surface area contributed by atoms with Crippen LogP contribution in [0.5, 0.6) is 0 Å². The molecule has 21 heavy (non-hydrogen) atoms. The van der Waals surface area contributed by atoms with E-state index in [0.717, 1.165) is 5.56 Å². The van der Waals surface area contributed by atoms with Crippen molar-refractivity contribution in [2.75, 3.05) is 0 Å². The first kappa shape index (κ1) is 13.2.